The number of hydrogen-bond acceptors (Lipinski definition) is 2. The third kappa shape index (κ3) is 4.42. The second kappa shape index (κ2) is 6.53. The van der Waals surface area contributed by atoms with E-state index in [2.05, 4.69) is 11.9 Å². The number of rotatable bonds is 5. The van der Waals surface area contributed by atoms with Gasteiger partial charge in [0.05, 0.1) is 0 Å². The quantitative estimate of drug-likeness (QED) is 0.803. The number of nitrogens with one attached hydrogen (secondary N) is 1. The predicted octanol–water partition coefficient (Wildman–Crippen LogP) is 2.24. The minimum atomic E-state index is -1.12. The molecule has 0 unspecified atom stereocenters. The highest BCUT2D eigenvalue weighted by molar-refractivity contribution is 5.91. The van der Waals surface area contributed by atoms with E-state index in [9.17, 15) is 14.0 Å². The van der Waals surface area contributed by atoms with Gasteiger partial charge in [-0.25, -0.2) is 9.18 Å². The summed E-state index contributed by atoms with van der Waals surface area (Å²) in [4.78, 5) is 23.6. The first-order valence-corrected chi connectivity index (χ1v) is 5.58. The van der Waals surface area contributed by atoms with E-state index in [0.717, 1.165) is 4.90 Å². The molecule has 2 amide bonds. The van der Waals surface area contributed by atoms with Gasteiger partial charge in [0, 0.05) is 12.2 Å². The van der Waals surface area contributed by atoms with Crippen molar-refractivity contribution in [3.05, 3.63) is 42.2 Å². The lowest BCUT2D eigenvalue weighted by atomic mass is 10.2. The highest BCUT2D eigenvalue weighted by Crippen LogP contribution is 2.14. The number of hydrogen-bond donors (Lipinski definition) is 2. The third-order valence-electron chi connectivity index (χ3n) is 2.37. The second-order valence-electron chi connectivity index (χ2n) is 3.96. The van der Waals surface area contributed by atoms with Crippen molar-refractivity contribution in [3.8, 4) is 0 Å². The van der Waals surface area contributed by atoms with Gasteiger partial charge in [-0.1, -0.05) is 6.08 Å². The molecule has 5 nitrogen and oxygen atoms in total. The van der Waals surface area contributed by atoms with Gasteiger partial charge in [0.2, 0.25) is 0 Å². The van der Waals surface area contributed by atoms with Gasteiger partial charge in [-0.3, -0.25) is 4.79 Å². The summed E-state index contributed by atoms with van der Waals surface area (Å²) in [5.41, 5.74) is 0.801. The van der Waals surface area contributed by atoms with Crippen LogP contribution < -0.4 is 5.32 Å². The van der Waals surface area contributed by atoms with Gasteiger partial charge in [0.15, 0.2) is 0 Å². The molecule has 1 rings (SSSR count). The van der Waals surface area contributed by atoms with E-state index in [-0.39, 0.29) is 12.4 Å². The smallest absolute Gasteiger partial charge is 0.323 e. The van der Waals surface area contributed by atoms with Crippen molar-refractivity contribution in [2.75, 3.05) is 18.4 Å². The monoisotopic (exact) mass is 266 g/mol. The predicted molar refractivity (Wildman–Crippen MR) is 69.6 cm³/mol. The van der Waals surface area contributed by atoms with Crippen LogP contribution in [-0.4, -0.2) is 35.1 Å². The summed E-state index contributed by atoms with van der Waals surface area (Å²) in [6.07, 6.45) is 1.43. The van der Waals surface area contributed by atoms with Gasteiger partial charge in [-0.05, 0) is 30.7 Å². The number of anilines is 1. The maximum Gasteiger partial charge on any atom is 0.323 e. The molecule has 0 aliphatic rings. The van der Waals surface area contributed by atoms with Crippen LogP contribution in [0.5, 0.6) is 0 Å². The van der Waals surface area contributed by atoms with Crippen molar-refractivity contribution < 1.29 is 19.1 Å². The van der Waals surface area contributed by atoms with Crippen molar-refractivity contribution in [2.24, 2.45) is 0 Å². The summed E-state index contributed by atoms with van der Waals surface area (Å²) in [5, 5.41) is 11.2. The summed E-state index contributed by atoms with van der Waals surface area (Å²) >= 11 is 0. The van der Waals surface area contributed by atoms with Crippen LogP contribution >= 0.6 is 0 Å². The van der Waals surface area contributed by atoms with E-state index in [0.29, 0.717) is 11.3 Å². The van der Waals surface area contributed by atoms with Crippen molar-refractivity contribution in [2.45, 2.75) is 6.92 Å². The van der Waals surface area contributed by atoms with Crippen molar-refractivity contribution in [1.29, 1.82) is 0 Å². The van der Waals surface area contributed by atoms with Gasteiger partial charge in [-0.15, -0.1) is 6.58 Å². The highest BCUT2D eigenvalue weighted by atomic mass is 19.1. The number of amides is 2. The molecule has 102 valence electrons. The van der Waals surface area contributed by atoms with E-state index in [1.807, 2.05) is 0 Å². The zero-order chi connectivity index (χ0) is 14.4. The summed E-state index contributed by atoms with van der Waals surface area (Å²) in [7, 11) is 0. The Balaban J connectivity index is 2.77. The molecule has 0 fully saturated rings. The number of carboxylic acids is 1. The van der Waals surface area contributed by atoms with Crippen molar-refractivity contribution >= 4 is 17.7 Å². The van der Waals surface area contributed by atoms with E-state index in [4.69, 9.17) is 5.11 Å². The molecule has 0 bridgehead atoms. The van der Waals surface area contributed by atoms with E-state index in [1.54, 1.807) is 6.92 Å². The first-order chi connectivity index (χ1) is 8.93. The van der Waals surface area contributed by atoms with Crippen LogP contribution in [-0.2, 0) is 4.79 Å². The number of benzene rings is 1. The van der Waals surface area contributed by atoms with Crippen molar-refractivity contribution in [1.82, 2.24) is 4.90 Å². The Morgan fingerprint density at radius 3 is 2.74 bits per heavy atom. The summed E-state index contributed by atoms with van der Waals surface area (Å²) in [6, 6.07) is 3.54. The minimum Gasteiger partial charge on any atom is -0.480 e. The van der Waals surface area contributed by atoms with Gasteiger partial charge >= 0.3 is 12.0 Å². The lowest BCUT2D eigenvalue weighted by Crippen LogP contribution is -2.38. The number of carboxylic acid groups (broad SMARTS) is 1. The van der Waals surface area contributed by atoms with E-state index >= 15 is 0 Å². The summed E-state index contributed by atoms with van der Waals surface area (Å²) < 4.78 is 13.1. The lowest BCUT2D eigenvalue weighted by Gasteiger charge is -2.19. The number of carbonyl (C=O) groups is 2. The number of carbonyl (C=O) groups excluding carboxylic acids is 1. The third-order valence-corrected chi connectivity index (χ3v) is 2.37. The molecule has 0 atom stereocenters. The molecule has 0 saturated carbocycles. The standard InChI is InChI=1S/C13H15FN2O3/c1-3-6-16(8-12(17)18)13(19)15-10-4-5-11(14)9(2)7-10/h3-5,7H,1,6,8H2,2H3,(H,15,19)(H,17,18). The van der Waals surface area contributed by atoms with Crippen molar-refractivity contribution in [3.63, 3.8) is 0 Å². The molecule has 0 aliphatic carbocycles. The molecule has 1 aromatic carbocycles. The Labute approximate surface area is 110 Å². The molecule has 1 aromatic rings. The lowest BCUT2D eigenvalue weighted by molar-refractivity contribution is -0.137. The first-order valence-electron chi connectivity index (χ1n) is 5.58. The molecule has 0 aliphatic heterocycles. The number of halogens is 1. The molecular formula is C13H15FN2O3. The minimum absolute atomic E-state index is 0.109. The zero-order valence-electron chi connectivity index (χ0n) is 10.5. The Hall–Kier alpha value is -2.37. The Morgan fingerprint density at radius 1 is 1.53 bits per heavy atom. The molecule has 0 heterocycles. The molecule has 19 heavy (non-hydrogen) atoms. The van der Waals surface area contributed by atoms with Gasteiger partial charge in [0.25, 0.3) is 0 Å². The number of urea groups is 1. The molecular weight excluding hydrogens is 251 g/mol. The Morgan fingerprint density at radius 2 is 2.21 bits per heavy atom. The fourth-order valence-corrected chi connectivity index (χ4v) is 1.46. The largest absolute Gasteiger partial charge is 0.480 e. The summed E-state index contributed by atoms with van der Waals surface area (Å²) in [5.74, 6) is -1.49. The van der Waals surface area contributed by atoms with Crippen LogP contribution in [0.2, 0.25) is 0 Å². The molecule has 0 saturated heterocycles. The normalized spacial score (nSPS) is 9.79. The van der Waals surface area contributed by atoms with Crippen LogP contribution in [0.25, 0.3) is 0 Å². The van der Waals surface area contributed by atoms with Gasteiger partial charge in [0.1, 0.15) is 12.4 Å². The van der Waals surface area contributed by atoms with E-state index < -0.39 is 18.5 Å². The number of nitrogens with zero attached hydrogens (tertiary/aromatic N) is 1. The van der Waals surface area contributed by atoms with Gasteiger partial charge < -0.3 is 15.3 Å². The second-order valence-corrected chi connectivity index (χ2v) is 3.96. The number of aryl methyl sites for hydroxylation is 1. The van der Waals surface area contributed by atoms with Crippen LogP contribution in [0.4, 0.5) is 14.9 Å². The Bertz CT molecular complexity index is 503. The van der Waals surface area contributed by atoms with Crippen LogP contribution in [0.1, 0.15) is 5.56 Å². The average molecular weight is 266 g/mol. The topological polar surface area (TPSA) is 69.6 Å². The average Bonchev–Trinajstić information content (AvgIpc) is 2.33. The fraction of sp³-hybridized carbons (Fsp3) is 0.231. The molecule has 0 aromatic heterocycles. The fourth-order valence-electron chi connectivity index (χ4n) is 1.46. The molecule has 6 heteroatoms. The van der Waals surface area contributed by atoms with Gasteiger partial charge in [-0.2, -0.15) is 0 Å². The first kappa shape index (κ1) is 14.7. The van der Waals surface area contributed by atoms with Crippen LogP contribution in [0, 0.1) is 12.7 Å². The Kier molecular flexibility index (Phi) is 5.05. The number of aliphatic carboxylic acids is 1. The molecule has 2 N–H and O–H groups in total. The highest BCUT2D eigenvalue weighted by Gasteiger charge is 2.15. The van der Waals surface area contributed by atoms with E-state index in [1.165, 1.54) is 24.3 Å². The molecule has 0 radical (unpaired) electrons. The maximum atomic E-state index is 13.1. The SMILES string of the molecule is C=CCN(CC(=O)O)C(=O)Nc1ccc(F)c(C)c1. The maximum absolute atomic E-state index is 13.1. The summed E-state index contributed by atoms with van der Waals surface area (Å²) in [6.45, 7) is 4.71. The molecule has 0 spiro atoms. The van der Waals surface area contributed by atoms with Crippen LogP contribution in [0.15, 0.2) is 30.9 Å². The van der Waals surface area contributed by atoms with Crippen LogP contribution in [0.3, 0.4) is 0 Å². The zero-order valence-corrected chi connectivity index (χ0v) is 10.5.